The van der Waals surface area contributed by atoms with Crippen molar-refractivity contribution in [1.29, 1.82) is 0 Å². The number of aryl methyl sites for hydroxylation is 1. The van der Waals surface area contributed by atoms with Crippen LogP contribution in [0.15, 0.2) is 16.9 Å². The van der Waals surface area contributed by atoms with Gasteiger partial charge in [-0.3, -0.25) is 4.79 Å². The first-order valence-electron chi connectivity index (χ1n) is 4.95. The van der Waals surface area contributed by atoms with Gasteiger partial charge in [0.05, 0.1) is 0 Å². The molecule has 0 aliphatic carbocycles. The number of nitrogens with zero attached hydrogens (tertiary/aromatic N) is 1. The second-order valence-electron chi connectivity index (χ2n) is 3.82. The van der Waals surface area contributed by atoms with E-state index >= 15 is 0 Å². The molecule has 1 atom stereocenters. The normalized spacial score (nSPS) is 12.8. The van der Waals surface area contributed by atoms with Crippen LogP contribution in [0.4, 0.5) is 0 Å². The molecule has 3 nitrogen and oxygen atoms in total. The number of pyridine rings is 1. The predicted molar refractivity (Wildman–Crippen MR) is 56.6 cm³/mol. The molecular formula is C11H17NO2. The number of rotatable bonds is 3. The average molecular weight is 195 g/mol. The highest BCUT2D eigenvalue weighted by Gasteiger charge is 2.05. The molecule has 0 radical (unpaired) electrons. The predicted octanol–water partition coefficient (Wildman–Crippen LogP) is 1.91. The van der Waals surface area contributed by atoms with Crippen LogP contribution < -0.4 is 5.56 Å². The monoisotopic (exact) mass is 195 g/mol. The summed E-state index contributed by atoms with van der Waals surface area (Å²) in [7, 11) is 0. The second-order valence-corrected chi connectivity index (χ2v) is 3.82. The molecule has 1 aromatic rings. The lowest BCUT2D eigenvalue weighted by Gasteiger charge is -2.14. The zero-order valence-electron chi connectivity index (χ0n) is 8.95. The Morgan fingerprint density at radius 1 is 1.50 bits per heavy atom. The zero-order chi connectivity index (χ0) is 10.7. The van der Waals surface area contributed by atoms with E-state index in [-0.39, 0.29) is 11.3 Å². The minimum Gasteiger partial charge on any atom is -0.508 e. The molecule has 14 heavy (non-hydrogen) atoms. The maximum absolute atomic E-state index is 11.5. The Bertz CT molecular complexity index is 368. The van der Waals surface area contributed by atoms with E-state index in [1.54, 1.807) is 10.6 Å². The van der Waals surface area contributed by atoms with Gasteiger partial charge in [-0.05, 0) is 18.9 Å². The number of hydrogen-bond donors (Lipinski definition) is 1. The van der Waals surface area contributed by atoms with Crippen molar-refractivity contribution in [2.24, 2.45) is 5.92 Å². The SMILES string of the molecule is CC[C@H](C)Cn1c(C)cc(O)cc1=O. The lowest BCUT2D eigenvalue weighted by Crippen LogP contribution is -2.24. The van der Waals surface area contributed by atoms with E-state index in [4.69, 9.17) is 0 Å². The van der Waals surface area contributed by atoms with Crippen molar-refractivity contribution >= 4 is 0 Å². The number of hydrogen-bond acceptors (Lipinski definition) is 2. The molecule has 1 N–H and O–H groups in total. The molecule has 0 aromatic carbocycles. The van der Waals surface area contributed by atoms with Crippen molar-refractivity contribution in [2.45, 2.75) is 33.7 Å². The third kappa shape index (κ3) is 2.37. The molecule has 1 heterocycles. The average Bonchev–Trinajstić information content (AvgIpc) is 2.10. The second kappa shape index (κ2) is 4.31. The van der Waals surface area contributed by atoms with Gasteiger partial charge in [0.25, 0.3) is 5.56 Å². The van der Waals surface area contributed by atoms with Gasteiger partial charge >= 0.3 is 0 Å². The molecule has 0 saturated carbocycles. The van der Waals surface area contributed by atoms with E-state index in [0.717, 1.165) is 18.7 Å². The summed E-state index contributed by atoms with van der Waals surface area (Å²) in [5, 5.41) is 9.20. The van der Waals surface area contributed by atoms with Gasteiger partial charge in [0.1, 0.15) is 5.75 Å². The highest BCUT2D eigenvalue weighted by atomic mass is 16.3. The van der Waals surface area contributed by atoms with Crippen molar-refractivity contribution in [3.05, 3.63) is 28.2 Å². The van der Waals surface area contributed by atoms with Crippen LogP contribution in [0.3, 0.4) is 0 Å². The van der Waals surface area contributed by atoms with Crippen LogP contribution in [0.5, 0.6) is 5.75 Å². The van der Waals surface area contributed by atoms with Gasteiger partial charge in [0.15, 0.2) is 0 Å². The van der Waals surface area contributed by atoms with Gasteiger partial charge in [-0.25, -0.2) is 0 Å². The van der Waals surface area contributed by atoms with E-state index in [2.05, 4.69) is 13.8 Å². The summed E-state index contributed by atoms with van der Waals surface area (Å²) >= 11 is 0. The van der Waals surface area contributed by atoms with Crippen LogP contribution in [-0.2, 0) is 6.54 Å². The Kier molecular flexibility index (Phi) is 3.33. The number of aromatic nitrogens is 1. The molecular weight excluding hydrogens is 178 g/mol. The molecule has 1 rings (SSSR count). The Hall–Kier alpha value is -1.25. The van der Waals surface area contributed by atoms with Gasteiger partial charge in [0.2, 0.25) is 0 Å². The molecule has 0 spiro atoms. The first-order chi connectivity index (χ1) is 6.54. The number of aromatic hydroxyl groups is 1. The standard InChI is InChI=1S/C11H17NO2/c1-4-8(2)7-12-9(3)5-10(13)6-11(12)14/h5-6,8,13H,4,7H2,1-3H3/t8-/m0/s1. The minimum atomic E-state index is -0.122. The molecule has 0 bridgehead atoms. The molecule has 1 aromatic heterocycles. The van der Waals surface area contributed by atoms with Gasteiger partial charge in [-0.1, -0.05) is 20.3 Å². The maximum Gasteiger partial charge on any atom is 0.254 e. The van der Waals surface area contributed by atoms with Crippen molar-refractivity contribution in [2.75, 3.05) is 0 Å². The molecule has 0 aliphatic rings. The lowest BCUT2D eigenvalue weighted by molar-refractivity contribution is 0.440. The maximum atomic E-state index is 11.5. The van der Waals surface area contributed by atoms with E-state index in [0.29, 0.717) is 5.92 Å². The summed E-state index contributed by atoms with van der Waals surface area (Å²) < 4.78 is 1.70. The van der Waals surface area contributed by atoms with Crippen LogP contribution in [0, 0.1) is 12.8 Å². The third-order valence-corrected chi connectivity index (χ3v) is 2.51. The Labute approximate surface area is 84.0 Å². The van der Waals surface area contributed by atoms with E-state index in [1.165, 1.54) is 6.07 Å². The molecule has 78 valence electrons. The fraction of sp³-hybridized carbons (Fsp3) is 0.545. The smallest absolute Gasteiger partial charge is 0.254 e. The summed E-state index contributed by atoms with van der Waals surface area (Å²) in [6.45, 7) is 6.77. The summed E-state index contributed by atoms with van der Waals surface area (Å²) in [6, 6.07) is 2.87. The molecule has 0 fully saturated rings. The van der Waals surface area contributed by atoms with Gasteiger partial charge in [-0.15, -0.1) is 0 Å². The quantitative estimate of drug-likeness (QED) is 0.800. The summed E-state index contributed by atoms with van der Waals surface area (Å²) in [6.07, 6.45) is 1.05. The molecule has 0 unspecified atom stereocenters. The summed E-state index contributed by atoms with van der Waals surface area (Å²) in [5.74, 6) is 0.531. The zero-order valence-corrected chi connectivity index (χ0v) is 8.95. The van der Waals surface area contributed by atoms with Crippen molar-refractivity contribution < 1.29 is 5.11 Å². The van der Waals surface area contributed by atoms with E-state index in [9.17, 15) is 9.90 Å². The van der Waals surface area contributed by atoms with Gasteiger partial charge < -0.3 is 9.67 Å². The van der Waals surface area contributed by atoms with Crippen LogP contribution in [0.2, 0.25) is 0 Å². The van der Waals surface area contributed by atoms with Crippen molar-refractivity contribution in [3.8, 4) is 5.75 Å². The van der Waals surface area contributed by atoms with Crippen LogP contribution in [0.25, 0.3) is 0 Å². The summed E-state index contributed by atoms with van der Waals surface area (Å²) in [4.78, 5) is 11.5. The van der Waals surface area contributed by atoms with Crippen LogP contribution >= 0.6 is 0 Å². The fourth-order valence-electron chi connectivity index (χ4n) is 1.39. The van der Waals surface area contributed by atoms with Crippen molar-refractivity contribution in [3.63, 3.8) is 0 Å². The fourth-order valence-corrected chi connectivity index (χ4v) is 1.39. The molecule has 0 amide bonds. The van der Waals surface area contributed by atoms with Crippen LogP contribution in [0.1, 0.15) is 26.0 Å². The Morgan fingerprint density at radius 3 is 2.64 bits per heavy atom. The van der Waals surface area contributed by atoms with Crippen LogP contribution in [-0.4, -0.2) is 9.67 Å². The minimum absolute atomic E-state index is 0.0490. The molecule has 0 saturated heterocycles. The molecule has 0 aliphatic heterocycles. The third-order valence-electron chi connectivity index (χ3n) is 2.51. The van der Waals surface area contributed by atoms with Gasteiger partial charge in [-0.2, -0.15) is 0 Å². The van der Waals surface area contributed by atoms with E-state index in [1.807, 2.05) is 6.92 Å². The first-order valence-corrected chi connectivity index (χ1v) is 4.95. The first kappa shape index (κ1) is 10.8. The van der Waals surface area contributed by atoms with Crippen molar-refractivity contribution in [1.82, 2.24) is 4.57 Å². The lowest BCUT2D eigenvalue weighted by atomic mass is 10.1. The topological polar surface area (TPSA) is 42.2 Å². The highest BCUT2D eigenvalue weighted by Crippen LogP contribution is 2.10. The highest BCUT2D eigenvalue weighted by molar-refractivity contribution is 5.21. The Balaban J connectivity index is 3.03. The molecule has 3 heteroatoms. The Morgan fingerprint density at radius 2 is 2.14 bits per heavy atom. The van der Waals surface area contributed by atoms with Gasteiger partial charge in [0, 0.05) is 18.3 Å². The van der Waals surface area contributed by atoms with E-state index < -0.39 is 0 Å². The largest absolute Gasteiger partial charge is 0.508 e. The summed E-state index contributed by atoms with van der Waals surface area (Å²) in [5.41, 5.74) is 0.693.